The molecule has 4 nitrogen and oxygen atoms in total. The molecule has 0 aliphatic carbocycles. The molecule has 0 saturated heterocycles. The first-order valence-electron chi connectivity index (χ1n) is 6.37. The maximum absolute atomic E-state index is 5.93. The van der Waals surface area contributed by atoms with E-state index in [9.17, 15) is 0 Å². The molecule has 1 aromatic heterocycles. The van der Waals surface area contributed by atoms with Gasteiger partial charge in [0, 0.05) is 41.1 Å². The minimum absolute atomic E-state index is 0.671. The van der Waals surface area contributed by atoms with Gasteiger partial charge in [-0.15, -0.1) is 6.58 Å². The lowest BCUT2D eigenvalue weighted by Crippen LogP contribution is -2.10. The molecule has 0 bridgehead atoms. The molecule has 100 valence electrons. The van der Waals surface area contributed by atoms with Crippen molar-refractivity contribution in [2.24, 2.45) is 0 Å². The van der Waals surface area contributed by atoms with Gasteiger partial charge in [0.25, 0.3) is 0 Å². The number of pyridine rings is 1. The highest BCUT2D eigenvalue weighted by Gasteiger charge is 2.03. The van der Waals surface area contributed by atoms with Gasteiger partial charge in [0.1, 0.15) is 0 Å². The first-order valence-corrected chi connectivity index (χ1v) is 6.37. The van der Waals surface area contributed by atoms with E-state index in [1.807, 2.05) is 24.3 Å². The SMILES string of the molecule is C=CCCOCCNc1ccc(N)c2cnccc12. The largest absolute Gasteiger partial charge is 0.398 e. The fraction of sp³-hybridized carbons (Fsp3) is 0.267. The van der Waals surface area contributed by atoms with Crippen molar-refractivity contribution in [1.29, 1.82) is 0 Å². The molecule has 0 spiro atoms. The lowest BCUT2D eigenvalue weighted by molar-refractivity contribution is 0.149. The van der Waals surface area contributed by atoms with Crippen LogP contribution in [0.5, 0.6) is 0 Å². The molecule has 0 fully saturated rings. The molecule has 0 radical (unpaired) electrons. The van der Waals surface area contributed by atoms with E-state index < -0.39 is 0 Å². The van der Waals surface area contributed by atoms with Gasteiger partial charge < -0.3 is 15.8 Å². The third-order valence-corrected chi connectivity index (χ3v) is 2.88. The summed E-state index contributed by atoms with van der Waals surface area (Å²) in [6.45, 7) is 5.81. The van der Waals surface area contributed by atoms with Crippen LogP contribution in [0.25, 0.3) is 10.8 Å². The molecule has 19 heavy (non-hydrogen) atoms. The number of ether oxygens (including phenoxy) is 1. The van der Waals surface area contributed by atoms with Crippen molar-refractivity contribution in [3.8, 4) is 0 Å². The Hall–Kier alpha value is -2.07. The highest BCUT2D eigenvalue weighted by atomic mass is 16.5. The molecule has 0 aliphatic rings. The van der Waals surface area contributed by atoms with Crippen LogP contribution < -0.4 is 11.1 Å². The van der Waals surface area contributed by atoms with E-state index in [-0.39, 0.29) is 0 Å². The molecule has 0 saturated carbocycles. The number of nitrogens with two attached hydrogens (primary N) is 1. The van der Waals surface area contributed by atoms with Crippen molar-refractivity contribution in [2.45, 2.75) is 6.42 Å². The van der Waals surface area contributed by atoms with Gasteiger partial charge in [0.15, 0.2) is 0 Å². The van der Waals surface area contributed by atoms with Crippen molar-refractivity contribution in [3.05, 3.63) is 43.2 Å². The van der Waals surface area contributed by atoms with Crippen molar-refractivity contribution in [2.75, 3.05) is 30.8 Å². The number of fused-ring (bicyclic) bond motifs is 1. The van der Waals surface area contributed by atoms with E-state index in [0.29, 0.717) is 6.61 Å². The lowest BCUT2D eigenvalue weighted by Gasteiger charge is -2.11. The predicted octanol–water partition coefficient (Wildman–Crippen LogP) is 2.82. The summed E-state index contributed by atoms with van der Waals surface area (Å²) < 4.78 is 5.46. The molecule has 2 aromatic rings. The number of anilines is 2. The van der Waals surface area contributed by atoms with Crippen LogP contribution in [0, 0.1) is 0 Å². The number of nitrogen functional groups attached to an aromatic ring is 1. The summed E-state index contributed by atoms with van der Waals surface area (Å²) in [6, 6.07) is 5.85. The molecular weight excluding hydrogens is 238 g/mol. The Labute approximate surface area is 113 Å². The Morgan fingerprint density at radius 1 is 1.26 bits per heavy atom. The zero-order valence-corrected chi connectivity index (χ0v) is 10.9. The minimum Gasteiger partial charge on any atom is -0.398 e. The van der Waals surface area contributed by atoms with Gasteiger partial charge in [-0.25, -0.2) is 0 Å². The number of hydrogen-bond acceptors (Lipinski definition) is 4. The number of rotatable bonds is 7. The molecule has 2 rings (SSSR count). The maximum Gasteiger partial charge on any atom is 0.0639 e. The maximum atomic E-state index is 5.93. The van der Waals surface area contributed by atoms with Crippen LogP contribution in [0.15, 0.2) is 43.2 Å². The van der Waals surface area contributed by atoms with Crippen molar-refractivity contribution < 1.29 is 4.74 Å². The second-order valence-electron chi connectivity index (χ2n) is 4.24. The van der Waals surface area contributed by atoms with Gasteiger partial charge >= 0.3 is 0 Å². The van der Waals surface area contributed by atoms with Gasteiger partial charge in [0.2, 0.25) is 0 Å². The molecular formula is C15H19N3O. The fourth-order valence-corrected chi connectivity index (χ4v) is 1.89. The highest BCUT2D eigenvalue weighted by Crippen LogP contribution is 2.27. The molecule has 4 heteroatoms. The van der Waals surface area contributed by atoms with E-state index in [4.69, 9.17) is 10.5 Å². The first kappa shape index (κ1) is 13.4. The van der Waals surface area contributed by atoms with Crippen molar-refractivity contribution in [1.82, 2.24) is 4.98 Å². The van der Waals surface area contributed by atoms with Gasteiger partial charge in [-0.05, 0) is 24.6 Å². The summed E-state index contributed by atoms with van der Waals surface area (Å²) >= 11 is 0. The normalized spacial score (nSPS) is 10.5. The standard InChI is InChI=1S/C15H19N3O/c1-2-3-9-19-10-8-18-15-5-4-14(16)13-11-17-7-6-12(13)15/h2,4-7,11,18H,1,3,8-10,16H2. The summed E-state index contributed by atoms with van der Waals surface area (Å²) in [7, 11) is 0. The third-order valence-electron chi connectivity index (χ3n) is 2.88. The molecule has 0 aliphatic heterocycles. The first-order chi connectivity index (χ1) is 9.33. The predicted molar refractivity (Wildman–Crippen MR) is 80.3 cm³/mol. The van der Waals surface area contributed by atoms with E-state index in [1.54, 1.807) is 12.4 Å². The molecule has 1 aromatic carbocycles. The van der Waals surface area contributed by atoms with Crippen LogP contribution >= 0.6 is 0 Å². The molecule has 1 heterocycles. The third kappa shape index (κ3) is 3.45. The fourth-order valence-electron chi connectivity index (χ4n) is 1.89. The number of nitrogens with zero attached hydrogens (tertiary/aromatic N) is 1. The Bertz CT molecular complexity index is 554. The van der Waals surface area contributed by atoms with Gasteiger partial charge in [-0.2, -0.15) is 0 Å². The second-order valence-corrected chi connectivity index (χ2v) is 4.24. The Morgan fingerprint density at radius 3 is 3.00 bits per heavy atom. The van der Waals surface area contributed by atoms with Crippen molar-refractivity contribution in [3.63, 3.8) is 0 Å². The quantitative estimate of drug-likeness (QED) is 0.455. The summed E-state index contributed by atoms with van der Waals surface area (Å²) in [5.74, 6) is 0. The lowest BCUT2D eigenvalue weighted by atomic mass is 10.1. The Kier molecular flexibility index (Phi) is 4.75. The summed E-state index contributed by atoms with van der Waals surface area (Å²) in [5, 5.41) is 5.41. The van der Waals surface area contributed by atoms with Gasteiger partial charge in [0.05, 0.1) is 13.2 Å². The smallest absolute Gasteiger partial charge is 0.0639 e. The molecule has 3 N–H and O–H groups in total. The molecule has 0 amide bonds. The molecule has 0 unspecified atom stereocenters. The van der Waals surface area contributed by atoms with Crippen molar-refractivity contribution >= 4 is 22.1 Å². The second kappa shape index (κ2) is 6.75. The average Bonchev–Trinajstić information content (AvgIpc) is 2.45. The Morgan fingerprint density at radius 2 is 2.16 bits per heavy atom. The summed E-state index contributed by atoms with van der Waals surface area (Å²) in [5.41, 5.74) is 7.73. The molecule has 0 atom stereocenters. The number of benzene rings is 1. The van der Waals surface area contributed by atoms with Gasteiger partial charge in [-0.3, -0.25) is 4.98 Å². The van der Waals surface area contributed by atoms with Crippen LogP contribution in [0.4, 0.5) is 11.4 Å². The van der Waals surface area contributed by atoms with E-state index in [0.717, 1.165) is 41.7 Å². The number of nitrogens with one attached hydrogen (secondary N) is 1. The minimum atomic E-state index is 0.671. The zero-order chi connectivity index (χ0) is 13.5. The number of hydrogen-bond donors (Lipinski definition) is 2. The number of aromatic nitrogens is 1. The summed E-state index contributed by atoms with van der Waals surface area (Å²) in [6.07, 6.45) is 6.30. The zero-order valence-electron chi connectivity index (χ0n) is 10.9. The Balaban J connectivity index is 1.97. The van der Waals surface area contributed by atoms with Crippen LogP contribution in [-0.4, -0.2) is 24.7 Å². The van der Waals surface area contributed by atoms with E-state index in [2.05, 4.69) is 16.9 Å². The topological polar surface area (TPSA) is 60.2 Å². The summed E-state index contributed by atoms with van der Waals surface area (Å²) in [4.78, 5) is 4.10. The van der Waals surface area contributed by atoms with Crippen LogP contribution in [0.2, 0.25) is 0 Å². The van der Waals surface area contributed by atoms with E-state index in [1.165, 1.54) is 0 Å². The monoisotopic (exact) mass is 257 g/mol. The van der Waals surface area contributed by atoms with Gasteiger partial charge in [-0.1, -0.05) is 6.08 Å². The average molecular weight is 257 g/mol. The van der Waals surface area contributed by atoms with E-state index >= 15 is 0 Å². The van der Waals surface area contributed by atoms with Crippen LogP contribution in [0.3, 0.4) is 0 Å². The highest BCUT2D eigenvalue weighted by molar-refractivity contribution is 6.00. The van der Waals surface area contributed by atoms with Crippen LogP contribution in [-0.2, 0) is 4.74 Å². The van der Waals surface area contributed by atoms with Crippen LogP contribution in [0.1, 0.15) is 6.42 Å².